The number of rotatable bonds is 6. The van der Waals surface area contributed by atoms with Gasteiger partial charge < -0.3 is 4.74 Å². The summed E-state index contributed by atoms with van der Waals surface area (Å²) in [6, 6.07) is 15.0. The molecule has 154 valence electrons. The first kappa shape index (κ1) is 20.5. The van der Waals surface area contributed by atoms with Crippen LogP contribution in [0.25, 0.3) is 10.2 Å². The molecular weight excluding hydrogens is 396 g/mol. The van der Waals surface area contributed by atoms with Gasteiger partial charge in [-0.25, -0.2) is 4.98 Å². The van der Waals surface area contributed by atoms with Crippen LogP contribution in [-0.4, -0.2) is 55.2 Å². The average Bonchev–Trinajstić information content (AvgIpc) is 3.20. The molecule has 1 aliphatic heterocycles. The largest absolute Gasteiger partial charge is 0.379 e. The number of aromatic nitrogens is 1. The van der Waals surface area contributed by atoms with E-state index in [4.69, 9.17) is 15.0 Å². The lowest BCUT2D eigenvalue weighted by Crippen LogP contribution is -2.39. The summed E-state index contributed by atoms with van der Waals surface area (Å²) in [6.07, 6.45) is 0.858. The summed E-state index contributed by atoms with van der Waals surface area (Å²) in [7, 11) is 0. The molecule has 0 N–H and O–H groups in total. The highest BCUT2D eigenvalue weighted by molar-refractivity contribution is 7.22. The molecule has 0 aliphatic carbocycles. The van der Waals surface area contributed by atoms with Crippen LogP contribution in [-0.2, 0) is 4.74 Å². The number of benzene rings is 2. The Morgan fingerprint density at radius 3 is 2.73 bits per heavy atom. The van der Waals surface area contributed by atoms with Crippen molar-refractivity contribution in [1.29, 1.82) is 5.26 Å². The molecule has 1 amide bonds. The van der Waals surface area contributed by atoms with Crippen molar-refractivity contribution in [3.63, 3.8) is 0 Å². The van der Waals surface area contributed by atoms with Crippen LogP contribution in [0.15, 0.2) is 42.5 Å². The number of thiazole rings is 1. The predicted octanol–water partition coefficient (Wildman–Crippen LogP) is 3.85. The summed E-state index contributed by atoms with van der Waals surface area (Å²) >= 11 is 1.54. The second kappa shape index (κ2) is 9.35. The van der Waals surface area contributed by atoms with Gasteiger partial charge in [-0.05, 0) is 55.3 Å². The number of ether oxygens (including phenoxy) is 1. The van der Waals surface area contributed by atoms with Crippen molar-refractivity contribution >= 4 is 32.6 Å². The van der Waals surface area contributed by atoms with Crippen molar-refractivity contribution in [2.24, 2.45) is 0 Å². The second-order valence-corrected chi connectivity index (χ2v) is 8.43. The minimum absolute atomic E-state index is 0.0859. The van der Waals surface area contributed by atoms with Gasteiger partial charge in [0.05, 0.1) is 35.1 Å². The van der Waals surface area contributed by atoms with E-state index in [0.29, 0.717) is 22.8 Å². The molecule has 2 aromatic carbocycles. The number of fused-ring (bicyclic) bond motifs is 1. The summed E-state index contributed by atoms with van der Waals surface area (Å²) in [4.78, 5) is 22.2. The molecule has 0 spiro atoms. The molecule has 1 saturated heterocycles. The fourth-order valence-electron chi connectivity index (χ4n) is 3.54. The van der Waals surface area contributed by atoms with E-state index in [9.17, 15) is 4.79 Å². The van der Waals surface area contributed by atoms with E-state index in [1.165, 1.54) is 5.56 Å². The molecule has 4 rings (SSSR count). The number of amides is 1. The molecule has 1 fully saturated rings. The molecule has 1 aliphatic rings. The number of carbonyl (C=O) groups is 1. The van der Waals surface area contributed by atoms with E-state index in [1.54, 1.807) is 40.5 Å². The minimum Gasteiger partial charge on any atom is -0.379 e. The van der Waals surface area contributed by atoms with Crippen LogP contribution in [0.4, 0.5) is 5.13 Å². The van der Waals surface area contributed by atoms with Crippen molar-refractivity contribution in [1.82, 2.24) is 9.88 Å². The lowest BCUT2D eigenvalue weighted by atomic mass is 10.1. The van der Waals surface area contributed by atoms with E-state index < -0.39 is 0 Å². The molecule has 0 bridgehead atoms. The predicted molar refractivity (Wildman–Crippen MR) is 119 cm³/mol. The molecule has 0 saturated carbocycles. The van der Waals surface area contributed by atoms with Gasteiger partial charge in [-0.2, -0.15) is 5.26 Å². The first-order valence-electron chi connectivity index (χ1n) is 10.1. The molecule has 7 heteroatoms. The van der Waals surface area contributed by atoms with Crippen LogP contribution in [0, 0.1) is 18.3 Å². The summed E-state index contributed by atoms with van der Waals surface area (Å²) in [5.74, 6) is -0.0859. The fourth-order valence-corrected chi connectivity index (χ4v) is 4.63. The first-order chi connectivity index (χ1) is 14.6. The quantitative estimate of drug-likeness (QED) is 0.606. The summed E-state index contributed by atoms with van der Waals surface area (Å²) in [5.41, 5.74) is 3.19. The molecule has 0 radical (unpaired) electrons. The number of anilines is 1. The Labute approximate surface area is 180 Å². The van der Waals surface area contributed by atoms with Crippen LogP contribution in [0.1, 0.15) is 27.9 Å². The molecular formula is C23H24N4O2S. The maximum absolute atomic E-state index is 13.3. The zero-order chi connectivity index (χ0) is 20.9. The first-order valence-corrected chi connectivity index (χ1v) is 10.9. The average molecular weight is 421 g/mol. The summed E-state index contributed by atoms with van der Waals surface area (Å²) in [5, 5.41) is 9.74. The zero-order valence-electron chi connectivity index (χ0n) is 17.0. The van der Waals surface area contributed by atoms with Crippen LogP contribution in [0.2, 0.25) is 0 Å². The molecule has 0 atom stereocenters. The van der Waals surface area contributed by atoms with Gasteiger partial charge in [0.25, 0.3) is 5.91 Å². The van der Waals surface area contributed by atoms with Crippen LogP contribution < -0.4 is 4.90 Å². The molecule has 2 heterocycles. The SMILES string of the molecule is Cc1ccc2nc(N(CCCN3CCOCC3)C(=O)c3ccc(C#N)cc3)sc2c1. The Kier molecular flexibility index (Phi) is 6.38. The Balaban J connectivity index is 1.57. The Bertz CT molecular complexity index is 1060. The fraction of sp³-hybridized carbons (Fsp3) is 0.348. The molecule has 0 unspecified atom stereocenters. The van der Waals surface area contributed by atoms with Gasteiger partial charge in [0.15, 0.2) is 5.13 Å². The van der Waals surface area contributed by atoms with Gasteiger partial charge in [0, 0.05) is 31.7 Å². The molecule has 3 aromatic rings. The number of hydrogen-bond acceptors (Lipinski definition) is 6. The van der Waals surface area contributed by atoms with Crippen molar-refractivity contribution in [3.05, 3.63) is 59.2 Å². The third-order valence-corrected chi connectivity index (χ3v) is 6.27. The number of carbonyl (C=O) groups excluding carboxylic acids is 1. The smallest absolute Gasteiger partial charge is 0.260 e. The van der Waals surface area contributed by atoms with Crippen molar-refractivity contribution in [2.45, 2.75) is 13.3 Å². The highest BCUT2D eigenvalue weighted by Crippen LogP contribution is 2.30. The van der Waals surface area contributed by atoms with E-state index in [1.807, 2.05) is 12.1 Å². The highest BCUT2D eigenvalue weighted by Gasteiger charge is 2.22. The Morgan fingerprint density at radius 1 is 1.23 bits per heavy atom. The lowest BCUT2D eigenvalue weighted by molar-refractivity contribution is 0.0376. The van der Waals surface area contributed by atoms with Crippen LogP contribution in [0.3, 0.4) is 0 Å². The normalized spacial score (nSPS) is 14.5. The van der Waals surface area contributed by atoms with Crippen molar-refractivity contribution in [3.8, 4) is 6.07 Å². The molecule has 30 heavy (non-hydrogen) atoms. The van der Waals surface area contributed by atoms with E-state index in [2.05, 4.69) is 24.0 Å². The maximum Gasteiger partial charge on any atom is 0.260 e. The van der Waals surface area contributed by atoms with Gasteiger partial charge >= 0.3 is 0 Å². The van der Waals surface area contributed by atoms with Gasteiger partial charge in [-0.1, -0.05) is 17.4 Å². The van der Waals surface area contributed by atoms with Crippen molar-refractivity contribution < 1.29 is 9.53 Å². The number of morpholine rings is 1. The lowest BCUT2D eigenvalue weighted by Gasteiger charge is -2.27. The van der Waals surface area contributed by atoms with Gasteiger partial charge in [-0.3, -0.25) is 14.6 Å². The van der Waals surface area contributed by atoms with E-state index >= 15 is 0 Å². The molecule has 6 nitrogen and oxygen atoms in total. The minimum atomic E-state index is -0.0859. The Morgan fingerprint density at radius 2 is 2.00 bits per heavy atom. The number of aryl methyl sites for hydroxylation is 1. The zero-order valence-corrected chi connectivity index (χ0v) is 17.8. The third-order valence-electron chi connectivity index (χ3n) is 5.23. The van der Waals surface area contributed by atoms with Gasteiger partial charge in [0.2, 0.25) is 0 Å². The summed E-state index contributed by atoms with van der Waals surface area (Å²) < 4.78 is 6.50. The number of nitrogens with zero attached hydrogens (tertiary/aromatic N) is 4. The maximum atomic E-state index is 13.3. The van der Waals surface area contributed by atoms with Crippen molar-refractivity contribution in [2.75, 3.05) is 44.3 Å². The monoisotopic (exact) mass is 420 g/mol. The van der Waals surface area contributed by atoms with Crippen LogP contribution in [0.5, 0.6) is 0 Å². The highest BCUT2D eigenvalue weighted by atomic mass is 32.1. The number of nitriles is 1. The molecule has 1 aromatic heterocycles. The second-order valence-electron chi connectivity index (χ2n) is 7.42. The van der Waals surface area contributed by atoms with Gasteiger partial charge in [0.1, 0.15) is 0 Å². The Hall–Kier alpha value is -2.79. The van der Waals surface area contributed by atoms with E-state index in [0.717, 1.165) is 49.5 Å². The third kappa shape index (κ3) is 4.68. The topological polar surface area (TPSA) is 69.5 Å². The standard InChI is InChI=1S/C23H24N4O2S/c1-17-3-8-20-21(15-17)30-23(25-20)27(10-2-9-26-11-13-29-14-12-26)22(28)19-6-4-18(16-24)5-7-19/h3-8,15H,2,9-14H2,1H3. The van der Waals surface area contributed by atoms with Crippen LogP contribution >= 0.6 is 11.3 Å². The van der Waals surface area contributed by atoms with E-state index in [-0.39, 0.29) is 5.91 Å². The summed E-state index contributed by atoms with van der Waals surface area (Å²) in [6.45, 7) is 6.98. The number of hydrogen-bond donors (Lipinski definition) is 0. The van der Waals surface area contributed by atoms with Gasteiger partial charge in [-0.15, -0.1) is 0 Å².